The third-order valence-corrected chi connectivity index (χ3v) is 4.38. The first-order chi connectivity index (χ1) is 9.60. The molecule has 1 heterocycles. The lowest BCUT2D eigenvalue weighted by Gasteiger charge is -2.34. The minimum Gasteiger partial charge on any atom is -0.375 e. The number of nitrogens with zero attached hydrogens (tertiary/aromatic N) is 1. The van der Waals surface area contributed by atoms with Crippen molar-refractivity contribution in [2.45, 2.75) is 38.0 Å². The predicted octanol–water partition coefficient (Wildman–Crippen LogP) is 3.10. The van der Waals surface area contributed by atoms with Crippen LogP contribution in [-0.2, 0) is 4.74 Å². The molecule has 2 atom stereocenters. The standard InChI is InChI=1S/C16H25ClN2O/c1-12(18-15-8-10-19(2)11-9-15)16(20-3)13-4-6-14(17)7-5-13/h4-7,12,15-16,18H,8-11H2,1-3H3/t12-,16-/m1/s1. The quantitative estimate of drug-likeness (QED) is 0.903. The van der Waals surface area contributed by atoms with Crippen LogP contribution >= 0.6 is 11.6 Å². The predicted molar refractivity (Wildman–Crippen MR) is 84.3 cm³/mol. The van der Waals surface area contributed by atoms with E-state index in [-0.39, 0.29) is 12.1 Å². The highest BCUT2D eigenvalue weighted by molar-refractivity contribution is 6.30. The van der Waals surface area contributed by atoms with Gasteiger partial charge in [0.25, 0.3) is 0 Å². The molecule has 0 aliphatic carbocycles. The molecule has 0 saturated carbocycles. The van der Waals surface area contributed by atoms with E-state index in [1.54, 1.807) is 7.11 Å². The summed E-state index contributed by atoms with van der Waals surface area (Å²) in [5.74, 6) is 0. The van der Waals surface area contributed by atoms with Gasteiger partial charge in [0.15, 0.2) is 0 Å². The smallest absolute Gasteiger partial charge is 0.0971 e. The molecule has 1 aliphatic rings. The van der Waals surface area contributed by atoms with Crippen LogP contribution in [0, 0.1) is 0 Å². The molecule has 0 spiro atoms. The second kappa shape index (κ2) is 7.41. The van der Waals surface area contributed by atoms with E-state index in [9.17, 15) is 0 Å². The first kappa shape index (κ1) is 15.8. The average Bonchev–Trinajstić information content (AvgIpc) is 2.44. The van der Waals surface area contributed by atoms with Crippen molar-refractivity contribution in [2.24, 2.45) is 0 Å². The summed E-state index contributed by atoms with van der Waals surface area (Å²) < 4.78 is 5.68. The molecule has 1 N–H and O–H groups in total. The minimum absolute atomic E-state index is 0.0620. The zero-order valence-electron chi connectivity index (χ0n) is 12.6. The molecule has 0 radical (unpaired) electrons. The zero-order chi connectivity index (χ0) is 14.5. The largest absolute Gasteiger partial charge is 0.375 e. The van der Waals surface area contributed by atoms with Crippen molar-refractivity contribution in [2.75, 3.05) is 27.2 Å². The fourth-order valence-corrected chi connectivity index (χ4v) is 3.04. The van der Waals surface area contributed by atoms with E-state index in [0.29, 0.717) is 6.04 Å². The molecule has 1 saturated heterocycles. The van der Waals surface area contributed by atoms with Crippen molar-refractivity contribution in [1.29, 1.82) is 0 Å². The Morgan fingerprint density at radius 1 is 1.25 bits per heavy atom. The summed E-state index contributed by atoms with van der Waals surface area (Å²) in [4.78, 5) is 2.38. The Bertz CT molecular complexity index is 401. The topological polar surface area (TPSA) is 24.5 Å². The molecular formula is C16H25ClN2O. The number of likely N-dealkylation sites (tertiary alicyclic amines) is 1. The molecule has 112 valence electrons. The normalized spacial score (nSPS) is 20.8. The van der Waals surface area contributed by atoms with E-state index in [0.717, 1.165) is 5.02 Å². The van der Waals surface area contributed by atoms with Gasteiger partial charge >= 0.3 is 0 Å². The van der Waals surface area contributed by atoms with Crippen molar-refractivity contribution in [3.63, 3.8) is 0 Å². The van der Waals surface area contributed by atoms with Gasteiger partial charge in [0.05, 0.1) is 6.10 Å². The Hall–Kier alpha value is -0.610. The van der Waals surface area contributed by atoms with Crippen LogP contribution in [0.2, 0.25) is 5.02 Å². The summed E-state index contributed by atoms with van der Waals surface area (Å²) in [7, 11) is 3.96. The van der Waals surface area contributed by atoms with Gasteiger partial charge in [-0.15, -0.1) is 0 Å². The highest BCUT2D eigenvalue weighted by atomic mass is 35.5. The van der Waals surface area contributed by atoms with Crippen molar-refractivity contribution in [3.05, 3.63) is 34.9 Å². The van der Waals surface area contributed by atoms with Gasteiger partial charge in [-0.3, -0.25) is 0 Å². The first-order valence-corrected chi connectivity index (χ1v) is 7.71. The van der Waals surface area contributed by atoms with Crippen LogP contribution in [0.15, 0.2) is 24.3 Å². The van der Waals surface area contributed by atoms with Crippen LogP contribution in [0.4, 0.5) is 0 Å². The fourth-order valence-electron chi connectivity index (χ4n) is 2.92. The SMILES string of the molecule is CO[C@@H](c1ccc(Cl)cc1)[C@@H](C)NC1CCN(C)CC1. The third-order valence-electron chi connectivity index (χ3n) is 4.12. The lowest BCUT2D eigenvalue weighted by Crippen LogP contribution is -2.46. The van der Waals surface area contributed by atoms with Gasteiger partial charge in [0, 0.05) is 24.2 Å². The van der Waals surface area contributed by atoms with Gasteiger partial charge in [-0.2, -0.15) is 0 Å². The Morgan fingerprint density at radius 3 is 2.40 bits per heavy atom. The maximum Gasteiger partial charge on any atom is 0.0971 e. The van der Waals surface area contributed by atoms with Crippen LogP contribution in [0.25, 0.3) is 0 Å². The summed E-state index contributed by atoms with van der Waals surface area (Å²) in [6.45, 7) is 4.53. The minimum atomic E-state index is 0.0620. The van der Waals surface area contributed by atoms with E-state index < -0.39 is 0 Å². The molecule has 1 aromatic carbocycles. The number of hydrogen-bond donors (Lipinski definition) is 1. The van der Waals surface area contributed by atoms with Crippen LogP contribution in [0.5, 0.6) is 0 Å². The lowest BCUT2D eigenvalue weighted by molar-refractivity contribution is 0.0651. The Kier molecular flexibility index (Phi) is 5.85. The molecule has 20 heavy (non-hydrogen) atoms. The number of halogens is 1. The van der Waals surface area contributed by atoms with Crippen molar-refractivity contribution in [3.8, 4) is 0 Å². The number of ether oxygens (including phenoxy) is 1. The Balaban J connectivity index is 1.95. The first-order valence-electron chi connectivity index (χ1n) is 7.33. The molecule has 3 nitrogen and oxygen atoms in total. The molecule has 0 bridgehead atoms. The number of hydrogen-bond acceptors (Lipinski definition) is 3. The van der Waals surface area contributed by atoms with E-state index >= 15 is 0 Å². The van der Waals surface area contributed by atoms with Gasteiger partial charge < -0.3 is 15.0 Å². The molecule has 0 aromatic heterocycles. The van der Waals surface area contributed by atoms with Crippen molar-refractivity contribution < 1.29 is 4.74 Å². The molecular weight excluding hydrogens is 272 g/mol. The van der Waals surface area contributed by atoms with Crippen LogP contribution in [0.3, 0.4) is 0 Å². The molecule has 1 fully saturated rings. The van der Waals surface area contributed by atoms with Gasteiger partial charge in [0.2, 0.25) is 0 Å². The summed E-state index contributed by atoms with van der Waals surface area (Å²) in [5.41, 5.74) is 1.17. The summed E-state index contributed by atoms with van der Waals surface area (Å²) in [5, 5.41) is 4.48. The number of benzene rings is 1. The van der Waals surface area contributed by atoms with Crippen molar-refractivity contribution >= 4 is 11.6 Å². The molecule has 0 amide bonds. The van der Waals surface area contributed by atoms with E-state index in [1.807, 2.05) is 24.3 Å². The molecule has 1 aromatic rings. The number of nitrogens with one attached hydrogen (secondary N) is 1. The summed E-state index contributed by atoms with van der Waals surface area (Å²) in [6, 6.07) is 8.81. The number of rotatable bonds is 5. The van der Waals surface area contributed by atoms with E-state index in [1.165, 1.54) is 31.5 Å². The monoisotopic (exact) mass is 296 g/mol. The zero-order valence-corrected chi connectivity index (χ0v) is 13.4. The Labute approximate surface area is 127 Å². The summed E-state index contributed by atoms with van der Waals surface area (Å²) >= 11 is 5.95. The third kappa shape index (κ3) is 4.19. The fraction of sp³-hybridized carbons (Fsp3) is 0.625. The van der Waals surface area contributed by atoms with Crippen LogP contribution in [0.1, 0.15) is 31.4 Å². The second-order valence-corrected chi connectivity index (χ2v) is 6.18. The highest BCUT2D eigenvalue weighted by Gasteiger charge is 2.23. The maximum atomic E-state index is 5.95. The molecule has 2 rings (SSSR count). The summed E-state index contributed by atoms with van der Waals surface area (Å²) in [6.07, 6.45) is 2.47. The maximum absolute atomic E-state index is 5.95. The van der Waals surface area contributed by atoms with Gasteiger partial charge in [-0.25, -0.2) is 0 Å². The van der Waals surface area contributed by atoms with Gasteiger partial charge in [-0.05, 0) is 57.6 Å². The van der Waals surface area contributed by atoms with Gasteiger partial charge in [0.1, 0.15) is 0 Å². The van der Waals surface area contributed by atoms with Crippen LogP contribution in [-0.4, -0.2) is 44.2 Å². The number of piperidine rings is 1. The highest BCUT2D eigenvalue weighted by Crippen LogP contribution is 2.23. The second-order valence-electron chi connectivity index (χ2n) is 5.74. The average molecular weight is 297 g/mol. The molecule has 1 aliphatic heterocycles. The molecule has 0 unspecified atom stereocenters. The van der Waals surface area contributed by atoms with Gasteiger partial charge in [-0.1, -0.05) is 23.7 Å². The number of methoxy groups -OCH3 is 1. The van der Waals surface area contributed by atoms with E-state index in [2.05, 4.69) is 24.2 Å². The van der Waals surface area contributed by atoms with Crippen molar-refractivity contribution in [1.82, 2.24) is 10.2 Å². The van der Waals surface area contributed by atoms with Crippen LogP contribution < -0.4 is 5.32 Å². The van der Waals surface area contributed by atoms with E-state index in [4.69, 9.17) is 16.3 Å². The molecule has 4 heteroatoms. The Morgan fingerprint density at radius 2 is 1.85 bits per heavy atom. The lowest BCUT2D eigenvalue weighted by atomic mass is 9.99.